The van der Waals surface area contributed by atoms with Crippen LogP contribution in [0.2, 0.25) is 0 Å². The molecular weight excluding hydrogens is 440 g/mol. The van der Waals surface area contributed by atoms with Crippen LogP contribution in [0.15, 0.2) is 54.6 Å². The highest BCUT2D eigenvalue weighted by Crippen LogP contribution is 2.37. The molecule has 2 atom stereocenters. The Labute approximate surface area is 208 Å². The minimum atomic E-state index is -0.160. The van der Waals surface area contributed by atoms with E-state index in [1.807, 2.05) is 35.2 Å². The van der Waals surface area contributed by atoms with Crippen molar-refractivity contribution in [3.63, 3.8) is 0 Å². The zero-order valence-corrected chi connectivity index (χ0v) is 21.4. The van der Waals surface area contributed by atoms with Crippen molar-refractivity contribution >= 4 is 16.7 Å². The number of fused-ring (bicyclic) bond motifs is 2. The zero-order chi connectivity index (χ0) is 24.9. The van der Waals surface area contributed by atoms with E-state index in [0.717, 1.165) is 42.4 Å². The average Bonchev–Trinajstić information content (AvgIpc) is 2.89. The smallest absolute Gasteiger partial charge is 0.259 e. The molecule has 2 unspecified atom stereocenters. The molecule has 6 heteroatoms. The zero-order valence-electron chi connectivity index (χ0n) is 21.4. The van der Waals surface area contributed by atoms with E-state index in [4.69, 9.17) is 14.2 Å². The summed E-state index contributed by atoms with van der Waals surface area (Å²) in [5.74, 6) is 1.90. The van der Waals surface area contributed by atoms with Crippen molar-refractivity contribution in [3.05, 3.63) is 65.7 Å². The summed E-state index contributed by atoms with van der Waals surface area (Å²) in [6, 6.07) is 18.3. The van der Waals surface area contributed by atoms with Gasteiger partial charge in [-0.25, -0.2) is 0 Å². The summed E-state index contributed by atoms with van der Waals surface area (Å²) < 4.78 is 17.6. The molecular formula is C29H36N2O4. The number of methoxy groups -OCH3 is 2. The molecule has 0 N–H and O–H groups in total. The van der Waals surface area contributed by atoms with Gasteiger partial charge < -0.3 is 19.1 Å². The van der Waals surface area contributed by atoms with Gasteiger partial charge in [0.1, 0.15) is 5.75 Å². The first-order valence-corrected chi connectivity index (χ1v) is 12.4. The Kier molecular flexibility index (Phi) is 7.81. The monoisotopic (exact) mass is 476 g/mol. The maximum atomic E-state index is 13.8. The minimum Gasteiger partial charge on any atom is -0.493 e. The predicted octanol–water partition coefficient (Wildman–Crippen LogP) is 5.73. The molecule has 3 aromatic carbocycles. The van der Waals surface area contributed by atoms with E-state index in [1.54, 1.807) is 14.2 Å². The van der Waals surface area contributed by atoms with E-state index in [0.29, 0.717) is 23.6 Å². The van der Waals surface area contributed by atoms with Crippen molar-refractivity contribution in [2.45, 2.75) is 51.9 Å². The number of ether oxygens (including phenoxy) is 3. The third-order valence-electron chi connectivity index (χ3n) is 6.91. The lowest BCUT2D eigenvalue weighted by Gasteiger charge is -2.43. The van der Waals surface area contributed by atoms with Gasteiger partial charge in [-0.1, -0.05) is 56.7 Å². The first-order valence-electron chi connectivity index (χ1n) is 12.4. The second-order valence-electron chi connectivity index (χ2n) is 9.01. The van der Waals surface area contributed by atoms with Crippen LogP contribution < -0.4 is 14.2 Å². The van der Waals surface area contributed by atoms with Crippen molar-refractivity contribution < 1.29 is 19.0 Å². The maximum Gasteiger partial charge on any atom is 0.259 e. The fraction of sp³-hybridized carbons (Fsp3) is 0.414. The molecule has 6 nitrogen and oxygen atoms in total. The lowest BCUT2D eigenvalue weighted by Crippen LogP contribution is -2.55. The van der Waals surface area contributed by atoms with E-state index < -0.39 is 0 Å². The van der Waals surface area contributed by atoms with Gasteiger partial charge in [0.05, 0.1) is 25.9 Å². The third kappa shape index (κ3) is 4.94. The first kappa shape index (κ1) is 24.9. The van der Waals surface area contributed by atoms with Crippen molar-refractivity contribution in [1.82, 2.24) is 9.80 Å². The lowest BCUT2D eigenvalue weighted by molar-refractivity contribution is -0.0435. The summed E-state index contributed by atoms with van der Waals surface area (Å²) in [4.78, 5) is 17.9. The minimum absolute atomic E-state index is 0.0262. The van der Waals surface area contributed by atoms with Crippen LogP contribution in [0.3, 0.4) is 0 Å². The van der Waals surface area contributed by atoms with Gasteiger partial charge in [-0.05, 0) is 60.8 Å². The van der Waals surface area contributed by atoms with Crippen LogP contribution in [0.4, 0.5) is 0 Å². The predicted molar refractivity (Wildman–Crippen MR) is 139 cm³/mol. The largest absolute Gasteiger partial charge is 0.493 e. The van der Waals surface area contributed by atoms with E-state index in [2.05, 4.69) is 50.1 Å². The van der Waals surface area contributed by atoms with Gasteiger partial charge in [-0.15, -0.1) is 0 Å². The van der Waals surface area contributed by atoms with Crippen LogP contribution in [0, 0.1) is 0 Å². The highest BCUT2D eigenvalue weighted by Gasteiger charge is 2.36. The molecule has 0 aromatic heterocycles. The molecule has 0 spiro atoms. The molecule has 186 valence electrons. The first-order chi connectivity index (χ1) is 17.0. The number of hydrogen-bond acceptors (Lipinski definition) is 5. The van der Waals surface area contributed by atoms with Gasteiger partial charge in [0.25, 0.3) is 5.91 Å². The number of hydrogen-bond donors (Lipinski definition) is 0. The Hall–Kier alpha value is -3.25. The Morgan fingerprint density at radius 2 is 1.77 bits per heavy atom. The van der Waals surface area contributed by atoms with Crippen LogP contribution >= 0.6 is 0 Å². The second kappa shape index (κ2) is 11.0. The molecule has 0 fully saturated rings. The van der Waals surface area contributed by atoms with Crippen molar-refractivity contribution in [2.75, 3.05) is 27.8 Å². The van der Waals surface area contributed by atoms with Gasteiger partial charge in [-0.2, -0.15) is 0 Å². The molecule has 0 radical (unpaired) electrons. The second-order valence-corrected chi connectivity index (χ2v) is 9.01. The van der Waals surface area contributed by atoms with Crippen LogP contribution in [-0.4, -0.2) is 55.9 Å². The molecule has 4 rings (SSSR count). The van der Waals surface area contributed by atoms with Gasteiger partial charge in [-0.3, -0.25) is 9.69 Å². The summed E-state index contributed by atoms with van der Waals surface area (Å²) >= 11 is 0. The summed E-state index contributed by atoms with van der Waals surface area (Å²) in [6.45, 7) is 4.93. The van der Waals surface area contributed by atoms with Crippen molar-refractivity contribution in [3.8, 4) is 17.2 Å². The van der Waals surface area contributed by atoms with E-state index in [9.17, 15) is 4.79 Å². The third-order valence-corrected chi connectivity index (χ3v) is 6.91. The standard InChI is InChI=1S/C29H36N2O4/c1-6-10-26(35-23-15-13-20-11-8-9-12-22(20)19-23)30(3)25(7-2)31-18-17-21-14-16-24(33-4)28(34-5)27(21)29(31)32/h8-9,11-16,19,25-26H,6-7,10,17-18H2,1-5H3. The summed E-state index contributed by atoms with van der Waals surface area (Å²) in [5.41, 5.74) is 1.60. The summed E-state index contributed by atoms with van der Waals surface area (Å²) in [7, 11) is 5.24. The quantitative estimate of drug-likeness (QED) is 0.350. The number of benzene rings is 3. The topological polar surface area (TPSA) is 51.2 Å². The molecule has 1 heterocycles. The normalized spacial score (nSPS) is 15.1. The fourth-order valence-electron chi connectivity index (χ4n) is 5.09. The Balaban J connectivity index is 1.60. The molecule has 0 saturated heterocycles. The van der Waals surface area contributed by atoms with Crippen molar-refractivity contribution in [2.24, 2.45) is 0 Å². The van der Waals surface area contributed by atoms with Gasteiger partial charge in [0.2, 0.25) is 0 Å². The molecule has 1 aliphatic heterocycles. The van der Waals surface area contributed by atoms with Crippen LogP contribution in [0.1, 0.15) is 49.0 Å². The van der Waals surface area contributed by atoms with E-state index in [-0.39, 0.29) is 18.3 Å². The average molecular weight is 477 g/mol. The van der Waals surface area contributed by atoms with Crippen LogP contribution in [-0.2, 0) is 6.42 Å². The molecule has 0 bridgehead atoms. The number of nitrogens with zero attached hydrogens (tertiary/aromatic N) is 2. The highest BCUT2D eigenvalue weighted by molar-refractivity contribution is 6.00. The molecule has 3 aromatic rings. The number of amides is 1. The Morgan fingerprint density at radius 1 is 1.00 bits per heavy atom. The molecule has 1 aliphatic rings. The fourth-order valence-corrected chi connectivity index (χ4v) is 5.09. The Morgan fingerprint density at radius 3 is 2.46 bits per heavy atom. The maximum absolute atomic E-state index is 13.8. The van der Waals surface area contributed by atoms with Crippen LogP contribution in [0.25, 0.3) is 10.8 Å². The Bertz CT molecular complexity index is 1180. The van der Waals surface area contributed by atoms with Gasteiger partial charge in [0.15, 0.2) is 17.7 Å². The number of rotatable bonds is 10. The summed E-state index contributed by atoms with van der Waals surface area (Å²) in [5, 5.41) is 2.34. The molecule has 0 aliphatic carbocycles. The van der Waals surface area contributed by atoms with Gasteiger partial charge >= 0.3 is 0 Å². The van der Waals surface area contributed by atoms with Gasteiger partial charge in [0, 0.05) is 6.54 Å². The lowest BCUT2D eigenvalue weighted by atomic mass is 9.96. The van der Waals surface area contributed by atoms with E-state index in [1.165, 1.54) is 5.39 Å². The van der Waals surface area contributed by atoms with E-state index >= 15 is 0 Å². The molecule has 35 heavy (non-hydrogen) atoms. The molecule has 0 saturated carbocycles. The number of carbonyl (C=O) groups is 1. The number of carbonyl (C=O) groups excluding carboxylic acids is 1. The van der Waals surface area contributed by atoms with Crippen molar-refractivity contribution in [1.29, 1.82) is 0 Å². The van der Waals surface area contributed by atoms with Crippen LogP contribution in [0.5, 0.6) is 17.2 Å². The SMILES string of the molecule is CCCC(Oc1ccc2ccccc2c1)N(C)C(CC)N1CCc2ccc(OC)c(OC)c2C1=O. The summed E-state index contributed by atoms with van der Waals surface area (Å²) in [6.07, 6.45) is 3.12. The highest BCUT2D eigenvalue weighted by atomic mass is 16.5. The molecule has 1 amide bonds.